The van der Waals surface area contributed by atoms with Crippen LogP contribution in [0.25, 0.3) is 22.1 Å². The number of aryl methyl sites for hydroxylation is 4. The Bertz CT molecular complexity index is 3410. The van der Waals surface area contributed by atoms with Gasteiger partial charge in [0.1, 0.15) is 11.6 Å². The number of benzene rings is 6. The van der Waals surface area contributed by atoms with Gasteiger partial charge in [0.25, 0.3) is 11.8 Å². The Morgan fingerprint density at radius 3 is 1.40 bits per heavy atom. The van der Waals surface area contributed by atoms with Gasteiger partial charge in [0.2, 0.25) is 11.8 Å². The molecule has 0 saturated heterocycles. The van der Waals surface area contributed by atoms with Crippen molar-refractivity contribution in [3.8, 4) is 0 Å². The van der Waals surface area contributed by atoms with E-state index in [9.17, 15) is 39.0 Å². The quantitative estimate of drug-likeness (QED) is 0.0234. The van der Waals surface area contributed by atoms with E-state index in [-0.39, 0.29) is 35.8 Å². The molecule has 0 spiro atoms. The Morgan fingerprint density at radius 2 is 0.949 bits per heavy atom. The minimum absolute atomic E-state index is 0.0751. The number of amides is 4. The Balaban J connectivity index is 0.000000226. The number of aromatic nitrogens is 4. The number of carboxylic acid groups (broad SMARTS) is 2. The molecule has 0 fully saturated rings. The van der Waals surface area contributed by atoms with Gasteiger partial charge < -0.3 is 30.0 Å². The van der Waals surface area contributed by atoms with Gasteiger partial charge in [-0.25, -0.2) is 30.5 Å². The van der Waals surface area contributed by atoms with Gasteiger partial charge in [-0.2, -0.15) is 0 Å². The van der Waals surface area contributed by atoms with E-state index in [4.69, 9.17) is 20.4 Å². The summed E-state index contributed by atoms with van der Waals surface area (Å²) in [7, 11) is 0. The number of hydrogen-bond acceptors (Lipinski definition) is 10. The lowest BCUT2D eigenvalue weighted by atomic mass is 10.0. The maximum absolute atomic E-state index is 13.4. The summed E-state index contributed by atoms with van der Waals surface area (Å²) in [5.74, 6) is -2.00. The molecule has 404 valence electrons. The van der Waals surface area contributed by atoms with E-state index in [1.54, 1.807) is 77.7 Å². The van der Waals surface area contributed by atoms with Gasteiger partial charge in [-0.05, 0) is 121 Å². The van der Waals surface area contributed by atoms with Gasteiger partial charge in [0.05, 0.1) is 33.2 Å². The van der Waals surface area contributed by atoms with Crippen LogP contribution in [-0.2, 0) is 48.4 Å². The van der Waals surface area contributed by atoms with Crippen molar-refractivity contribution in [3.63, 3.8) is 0 Å². The van der Waals surface area contributed by atoms with Crippen LogP contribution in [0.3, 0.4) is 0 Å². The van der Waals surface area contributed by atoms with Gasteiger partial charge >= 0.3 is 11.9 Å². The molecular weight excluding hydrogens is 993 g/mol. The van der Waals surface area contributed by atoms with Crippen molar-refractivity contribution in [2.24, 2.45) is 0 Å². The first-order chi connectivity index (χ1) is 37.6. The van der Waals surface area contributed by atoms with E-state index in [1.807, 2.05) is 80.6 Å². The number of imidazole rings is 2. The maximum atomic E-state index is 13.4. The van der Waals surface area contributed by atoms with Crippen molar-refractivity contribution >= 4 is 57.6 Å². The average Bonchev–Trinajstić information content (AvgIpc) is 4.02. The lowest BCUT2D eigenvalue weighted by molar-refractivity contribution is -0.130. The van der Waals surface area contributed by atoms with Crippen LogP contribution in [0.4, 0.5) is 0 Å². The molecule has 2 atom stereocenters. The molecule has 6 aromatic carbocycles. The van der Waals surface area contributed by atoms with Crippen LogP contribution in [0.2, 0.25) is 0 Å². The monoisotopic (exact) mass is 1060 g/mol. The Labute approximate surface area is 451 Å². The Morgan fingerprint density at radius 1 is 0.513 bits per heavy atom. The molecule has 0 aliphatic heterocycles. The highest BCUT2D eigenvalue weighted by Gasteiger charge is 2.23. The highest BCUT2D eigenvalue weighted by Crippen LogP contribution is 2.27. The number of nitrogens with zero attached hydrogens (tertiary/aromatic N) is 4. The molecule has 8 aromatic rings. The predicted molar refractivity (Wildman–Crippen MR) is 294 cm³/mol. The van der Waals surface area contributed by atoms with Crippen LogP contribution in [0.1, 0.15) is 126 Å². The second kappa shape index (κ2) is 26.7. The van der Waals surface area contributed by atoms with Gasteiger partial charge in [-0.15, -0.1) is 0 Å². The van der Waals surface area contributed by atoms with Crippen molar-refractivity contribution < 1.29 is 49.4 Å². The van der Waals surface area contributed by atoms with Gasteiger partial charge in [-0.1, -0.05) is 98.8 Å². The standard InChI is InChI=1S/2C30H32N4O5/c1-3-7-26-32-28-19(2)14-23(16-25(28)34(26)18-21-10-12-22(13-11-21)30(37)38)29(36)31-24(17-27(35)33-39)15-20-8-5-4-6-9-20;1-3-7-26-32-25-16-23(29(36)31-24(17-27(35)33-39)15-20-8-5-4-6-9-20)14-19(2)28(25)34(26)18-21-10-12-22(13-11-21)30(37)38/h2*4-6,8-14,16,24,39H,3,7,15,17-18H2,1-2H3,(H,31,36)(H,33,35)(H,37,38)/t2*24-/m11/s1. The van der Waals surface area contributed by atoms with Crippen molar-refractivity contribution in [1.29, 1.82) is 0 Å². The second-order valence-corrected chi connectivity index (χ2v) is 19.3. The fraction of sp³-hybridized carbons (Fsp3) is 0.267. The first-order valence-electron chi connectivity index (χ1n) is 25.8. The van der Waals surface area contributed by atoms with E-state index in [0.717, 1.165) is 87.3 Å². The SMILES string of the molecule is CCCc1nc2c(C)cc(C(=O)N[C@@H](CC(=O)NO)Cc3ccccc3)cc2n1Cc1ccc(C(=O)O)cc1.CCCc1nc2cc(C(=O)N[C@@H](CC(=O)NO)Cc3ccccc3)cc(C)c2n1Cc1ccc(C(=O)O)cc1. The Kier molecular flexibility index (Phi) is 19.4. The number of hydroxylamine groups is 2. The minimum atomic E-state index is -0.977. The predicted octanol–water partition coefficient (Wildman–Crippen LogP) is 8.56. The largest absolute Gasteiger partial charge is 0.478 e. The molecule has 18 heteroatoms. The molecule has 18 nitrogen and oxygen atoms in total. The van der Waals surface area contributed by atoms with Crippen molar-refractivity contribution in [2.75, 3.05) is 0 Å². The summed E-state index contributed by atoms with van der Waals surface area (Å²) < 4.78 is 4.19. The van der Waals surface area contributed by atoms with Crippen LogP contribution in [-0.4, -0.2) is 87.4 Å². The van der Waals surface area contributed by atoms with Gasteiger partial charge in [-0.3, -0.25) is 29.6 Å². The number of nitrogens with one attached hydrogen (secondary N) is 4. The van der Waals surface area contributed by atoms with Crippen LogP contribution in [0.15, 0.2) is 133 Å². The van der Waals surface area contributed by atoms with Crippen molar-refractivity contribution in [3.05, 3.63) is 201 Å². The summed E-state index contributed by atoms with van der Waals surface area (Å²) in [6.07, 6.45) is 3.97. The topological polar surface area (TPSA) is 267 Å². The number of carbonyl (C=O) groups is 6. The van der Waals surface area contributed by atoms with E-state index in [2.05, 4.69) is 33.6 Å². The lowest BCUT2D eigenvalue weighted by Crippen LogP contribution is -2.40. The zero-order chi connectivity index (χ0) is 55.9. The van der Waals surface area contributed by atoms with E-state index < -0.39 is 35.8 Å². The third-order valence-corrected chi connectivity index (χ3v) is 13.2. The van der Waals surface area contributed by atoms with E-state index in [1.165, 1.54) is 0 Å². The molecule has 78 heavy (non-hydrogen) atoms. The van der Waals surface area contributed by atoms with E-state index >= 15 is 0 Å². The summed E-state index contributed by atoms with van der Waals surface area (Å²) in [6.45, 7) is 8.99. The fourth-order valence-corrected chi connectivity index (χ4v) is 9.50. The minimum Gasteiger partial charge on any atom is -0.478 e. The number of carboxylic acids is 2. The summed E-state index contributed by atoms with van der Waals surface area (Å²) in [5, 5.41) is 42.4. The molecule has 0 aliphatic carbocycles. The lowest BCUT2D eigenvalue weighted by Gasteiger charge is -2.18. The molecule has 4 amide bonds. The van der Waals surface area contributed by atoms with Crippen LogP contribution >= 0.6 is 0 Å². The van der Waals surface area contributed by atoms with E-state index in [0.29, 0.717) is 42.6 Å². The molecule has 0 unspecified atom stereocenters. The summed E-state index contributed by atoms with van der Waals surface area (Å²) >= 11 is 0. The zero-order valence-corrected chi connectivity index (χ0v) is 44.0. The molecule has 2 heterocycles. The first kappa shape index (κ1) is 56.7. The van der Waals surface area contributed by atoms with Crippen molar-refractivity contribution in [1.82, 2.24) is 40.7 Å². The molecule has 0 aliphatic rings. The number of hydrogen-bond donors (Lipinski definition) is 8. The molecular formula is C60H64N8O10. The first-order valence-corrected chi connectivity index (χ1v) is 25.8. The number of carbonyl (C=O) groups excluding carboxylic acids is 4. The normalized spacial score (nSPS) is 11.8. The van der Waals surface area contributed by atoms with Crippen LogP contribution in [0, 0.1) is 13.8 Å². The smallest absolute Gasteiger partial charge is 0.335 e. The van der Waals surface area contributed by atoms with Crippen molar-refractivity contribution in [2.45, 2.75) is 104 Å². The highest BCUT2D eigenvalue weighted by molar-refractivity contribution is 6.00. The number of rotatable bonds is 22. The second-order valence-electron chi connectivity index (χ2n) is 19.3. The molecule has 8 N–H and O–H groups in total. The van der Waals surface area contributed by atoms with Crippen LogP contribution < -0.4 is 21.6 Å². The van der Waals surface area contributed by atoms with Gasteiger partial charge in [0, 0.05) is 62.0 Å². The number of fused-ring (bicyclic) bond motifs is 2. The third kappa shape index (κ3) is 14.7. The molecule has 2 aromatic heterocycles. The van der Waals surface area contributed by atoms with Crippen LogP contribution in [0.5, 0.6) is 0 Å². The summed E-state index contributed by atoms with van der Waals surface area (Å²) in [5.41, 5.74) is 13.3. The highest BCUT2D eigenvalue weighted by atomic mass is 16.5. The molecule has 0 bridgehead atoms. The molecule has 0 radical (unpaired) electrons. The van der Waals surface area contributed by atoms with Gasteiger partial charge in [0.15, 0.2) is 0 Å². The zero-order valence-electron chi connectivity index (χ0n) is 44.0. The number of aromatic carboxylic acids is 2. The average molecular weight is 1060 g/mol. The maximum Gasteiger partial charge on any atom is 0.335 e. The molecule has 0 saturated carbocycles. The fourth-order valence-electron chi connectivity index (χ4n) is 9.50. The molecule has 8 rings (SSSR count). The third-order valence-electron chi connectivity index (χ3n) is 13.2. The summed E-state index contributed by atoms with van der Waals surface area (Å²) in [4.78, 5) is 82.8. The Hall–Kier alpha value is -9.00. The summed E-state index contributed by atoms with van der Waals surface area (Å²) in [6, 6.07) is 38.7.